The lowest BCUT2D eigenvalue weighted by Crippen LogP contribution is -2.14. The monoisotopic (exact) mass is 242 g/mol. The van der Waals surface area contributed by atoms with Gasteiger partial charge in [0.25, 0.3) is 0 Å². The molecule has 0 bridgehead atoms. The van der Waals surface area contributed by atoms with Crippen LogP contribution in [0.3, 0.4) is 0 Å². The molecule has 1 atom stereocenters. The lowest BCUT2D eigenvalue weighted by molar-refractivity contribution is -0.161. The Labute approximate surface area is 101 Å². The summed E-state index contributed by atoms with van der Waals surface area (Å²) < 4.78 is 4.35. The molecular weight excluding hydrogens is 224 g/mol. The van der Waals surface area contributed by atoms with Crippen LogP contribution in [0, 0.1) is 0 Å². The highest BCUT2D eigenvalue weighted by atomic mass is 16.6. The van der Waals surface area contributed by atoms with E-state index in [2.05, 4.69) is 11.3 Å². The minimum atomic E-state index is -0.990. The summed E-state index contributed by atoms with van der Waals surface area (Å²) in [6, 6.07) is 0. The van der Waals surface area contributed by atoms with Crippen molar-refractivity contribution in [3.05, 3.63) is 37.0 Å². The van der Waals surface area contributed by atoms with Crippen LogP contribution in [0.4, 0.5) is 0 Å². The topological polar surface area (TPSA) is 83.8 Å². The maximum Gasteiger partial charge on any atom is 0.332 e. The number of hydrogen-bond donors (Lipinski definition) is 2. The van der Waals surface area contributed by atoms with E-state index in [-0.39, 0.29) is 0 Å². The first-order valence-corrected chi connectivity index (χ1v) is 5.01. The molecule has 0 saturated heterocycles. The lowest BCUT2D eigenvalue weighted by atomic mass is 10.4. The Morgan fingerprint density at radius 1 is 1.41 bits per heavy atom. The van der Waals surface area contributed by atoms with Gasteiger partial charge in [-0.25, -0.2) is 9.59 Å². The van der Waals surface area contributed by atoms with Gasteiger partial charge in [0.05, 0.1) is 0 Å². The van der Waals surface area contributed by atoms with Gasteiger partial charge < -0.3 is 14.9 Å². The number of rotatable bonds is 5. The van der Waals surface area contributed by atoms with Gasteiger partial charge in [-0.15, -0.1) is 0 Å². The van der Waals surface area contributed by atoms with Gasteiger partial charge in [0, 0.05) is 18.6 Å². The highest BCUT2D eigenvalue weighted by Crippen LogP contribution is 1.92. The van der Waals surface area contributed by atoms with Crippen LogP contribution in [0.25, 0.3) is 0 Å². The highest BCUT2D eigenvalue weighted by molar-refractivity contribution is 5.81. The summed E-state index contributed by atoms with van der Waals surface area (Å²) >= 11 is 0. The second kappa shape index (κ2) is 12.2. The highest BCUT2D eigenvalue weighted by Gasteiger charge is 2.02. The zero-order valence-corrected chi connectivity index (χ0v) is 10.00. The van der Waals surface area contributed by atoms with Gasteiger partial charge in [-0.05, 0) is 6.92 Å². The molecule has 2 N–H and O–H groups in total. The van der Waals surface area contributed by atoms with E-state index >= 15 is 0 Å². The molecule has 1 unspecified atom stereocenters. The van der Waals surface area contributed by atoms with Gasteiger partial charge in [-0.1, -0.05) is 31.7 Å². The SMILES string of the molecule is C/C=C/C=C/C(=O)O.C=CC(=O)OC(O)CC. The fourth-order valence-electron chi connectivity index (χ4n) is 0.515. The molecule has 0 saturated carbocycles. The van der Waals surface area contributed by atoms with E-state index < -0.39 is 18.2 Å². The van der Waals surface area contributed by atoms with E-state index in [9.17, 15) is 9.59 Å². The Kier molecular flexibility index (Phi) is 12.6. The van der Waals surface area contributed by atoms with Crippen molar-refractivity contribution < 1.29 is 24.5 Å². The summed E-state index contributed by atoms with van der Waals surface area (Å²) in [5.41, 5.74) is 0. The molecule has 0 amide bonds. The van der Waals surface area contributed by atoms with E-state index in [1.807, 2.05) is 6.92 Å². The largest absolute Gasteiger partial charge is 0.478 e. The average molecular weight is 242 g/mol. The number of ether oxygens (including phenoxy) is 1. The van der Waals surface area contributed by atoms with Crippen LogP contribution in [-0.4, -0.2) is 28.4 Å². The van der Waals surface area contributed by atoms with E-state index in [0.29, 0.717) is 6.42 Å². The number of esters is 1. The van der Waals surface area contributed by atoms with Gasteiger partial charge in [0.15, 0.2) is 0 Å². The fraction of sp³-hybridized carbons (Fsp3) is 0.333. The molecule has 0 heterocycles. The smallest absolute Gasteiger partial charge is 0.332 e. The van der Waals surface area contributed by atoms with Gasteiger partial charge in [0.1, 0.15) is 0 Å². The molecule has 0 aromatic carbocycles. The summed E-state index contributed by atoms with van der Waals surface area (Å²) in [5, 5.41) is 16.7. The quantitative estimate of drug-likeness (QED) is 0.331. The normalized spacial score (nSPS) is 11.7. The Hall–Kier alpha value is -1.88. The van der Waals surface area contributed by atoms with Gasteiger partial charge in [0.2, 0.25) is 6.29 Å². The van der Waals surface area contributed by atoms with E-state index in [4.69, 9.17) is 10.2 Å². The predicted octanol–water partition coefficient (Wildman–Crippen LogP) is 1.65. The molecule has 0 aliphatic heterocycles. The molecule has 96 valence electrons. The maximum absolute atomic E-state index is 10.3. The molecule has 0 fully saturated rings. The van der Waals surface area contributed by atoms with E-state index in [1.54, 1.807) is 19.1 Å². The molecule has 0 aromatic rings. The Bertz CT molecular complexity index is 291. The average Bonchev–Trinajstić information content (AvgIpc) is 2.29. The third-order valence-electron chi connectivity index (χ3n) is 1.31. The number of allylic oxidation sites excluding steroid dienone is 3. The van der Waals surface area contributed by atoms with E-state index in [0.717, 1.165) is 12.2 Å². The van der Waals surface area contributed by atoms with Crippen molar-refractivity contribution >= 4 is 11.9 Å². The second-order valence-electron chi connectivity index (χ2n) is 2.73. The second-order valence-corrected chi connectivity index (χ2v) is 2.73. The number of carbonyl (C=O) groups excluding carboxylic acids is 1. The number of aliphatic hydroxyl groups is 1. The number of aliphatic hydroxyl groups excluding tert-OH is 1. The summed E-state index contributed by atoms with van der Waals surface area (Å²) in [7, 11) is 0. The third kappa shape index (κ3) is 16.8. The van der Waals surface area contributed by atoms with Crippen LogP contribution in [0.15, 0.2) is 37.0 Å². The lowest BCUT2D eigenvalue weighted by Gasteiger charge is -2.05. The zero-order valence-electron chi connectivity index (χ0n) is 10.00. The number of hydrogen-bond acceptors (Lipinski definition) is 4. The summed E-state index contributed by atoms with van der Waals surface area (Å²) in [4.78, 5) is 20.0. The molecule has 0 radical (unpaired) electrons. The Balaban J connectivity index is 0. The number of carboxylic acid groups (broad SMARTS) is 1. The molecule has 0 aliphatic rings. The first-order valence-electron chi connectivity index (χ1n) is 5.01. The van der Waals surface area contributed by atoms with Gasteiger partial charge in [-0.3, -0.25) is 0 Å². The molecule has 0 rings (SSSR count). The van der Waals surface area contributed by atoms with Crippen molar-refractivity contribution in [3.63, 3.8) is 0 Å². The first kappa shape index (κ1) is 17.5. The van der Waals surface area contributed by atoms with Crippen LogP contribution < -0.4 is 0 Å². The van der Waals surface area contributed by atoms with Crippen LogP contribution in [0.1, 0.15) is 20.3 Å². The third-order valence-corrected chi connectivity index (χ3v) is 1.31. The number of carbonyl (C=O) groups is 2. The molecule has 0 spiro atoms. The predicted molar refractivity (Wildman–Crippen MR) is 64.2 cm³/mol. The molecule has 17 heavy (non-hydrogen) atoms. The van der Waals surface area contributed by atoms with Crippen LogP contribution in [0.5, 0.6) is 0 Å². The van der Waals surface area contributed by atoms with Crippen LogP contribution >= 0.6 is 0 Å². The molecule has 0 aromatic heterocycles. The van der Waals surface area contributed by atoms with Crippen molar-refractivity contribution in [2.24, 2.45) is 0 Å². The molecule has 5 heteroatoms. The summed E-state index contributed by atoms with van der Waals surface area (Å²) in [6.07, 6.45) is 6.41. The summed E-state index contributed by atoms with van der Waals surface area (Å²) in [5.74, 6) is -1.51. The van der Waals surface area contributed by atoms with Crippen molar-refractivity contribution in [3.8, 4) is 0 Å². The Morgan fingerprint density at radius 2 is 2.00 bits per heavy atom. The Morgan fingerprint density at radius 3 is 2.35 bits per heavy atom. The van der Waals surface area contributed by atoms with Gasteiger partial charge in [-0.2, -0.15) is 0 Å². The minimum Gasteiger partial charge on any atom is -0.478 e. The zero-order chi connectivity index (χ0) is 13.7. The summed E-state index contributed by atoms with van der Waals surface area (Å²) in [6.45, 7) is 6.70. The van der Waals surface area contributed by atoms with Crippen molar-refractivity contribution in [2.45, 2.75) is 26.6 Å². The number of aliphatic carboxylic acids is 1. The molecule has 0 aliphatic carbocycles. The van der Waals surface area contributed by atoms with E-state index in [1.165, 1.54) is 6.08 Å². The van der Waals surface area contributed by atoms with Gasteiger partial charge >= 0.3 is 11.9 Å². The fourth-order valence-corrected chi connectivity index (χ4v) is 0.515. The van der Waals surface area contributed by atoms with Crippen molar-refractivity contribution in [1.29, 1.82) is 0 Å². The molecular formula is C12H18O5. The van der Waals surface area contributed by atoms with Crippen LogP contribution in [-0.2, 0) is 14.3 Å². The minimum absolute atomic E-state index is 0.402. The van der Waals surface area contributed by atoms with Crippen molar-refractivity contribution in [2.75, 3.05) is 0 Å². The standard InChI is InChI=1S/C6H10O3.C6H8O2/c1-3-5(7)9-6(8)4-2;1-2-3-4-5-6(7)8/h3,6,8H,1,4H2,2H3;2-5H,1H3,(H,7,8)/b;3-2+,5-4+. The molecule has 5 nitrogen and oxygen atoms in total. The van der Waals surface area contributed by atoms with Crippen LogP contribution in [0.2, 0.25) is 0 Å². The van der Waals surface area contributed by atoms with Crippen molar-refractivity contribution in [1.82, 2.24) is 0 Å². The number of carboxylic acids is 1. The maximum atomic E-state index is 10.3. The first-order chi connectivity index (χ1) is 7.97.